The second kappa shape index (κ2) is 21.8. The van der Waals surface area contributed by atoms with Crippen LogP contribution in [0, 0.1) is 0 Å². The van der Waals surface area contributed by atoms with Gasteiger partial charge in [0, 0.05) is 51.4 Å². The summed E-state index contributed by atoms with van der Waals surface area (Å²) in [6.07, 6.45) is 6.16. The van der Waals surface area contributed by atoms with E-state index in [4.69, 9.17) is 24.2 Å². The number of ether oxygens (including phenoxy) is 3. The molecule has 368 valence electrons. The molecule has 10 rings (SSSR count). The number of likely N-dealkylation sites (tertiary alicyclic amines) is 1. The van der Waals surface area contributed by atoms with Gasteiger partial charge in [-0.2, -0.15) is 0 Å². The number of methoxy groups -OCH3 is 1. The summed E-state index contributed by atoms with van der Waals surface area (Å²) in [5, 5.41) is 2.76. The number of H-pyrrole nitrogens is 2. The molecular formula is C55H61N9O7. The predicted molar refractivity (Wildman–Crippen MR) is 266 cm³/mol. The lowest BCUT2D eigenvalue weighted by atomic mass is 10.0. The van der Waals surface area contributed by atoms with Gasteiger partial charge in [0.1, 0.15) is 30.3 Å². The smallest absolute Gasteiger partial charge is 0.410 e. The van der Waals surface area contributed by atoms with Gasteiger partial charge >= 0.3 is 12.2 Å². The highest BCUT2D eigenvalue weighted by atomic mass is 16.6. The summed E-state index contributed by atoms with van der Waals surface area (Å²) >= 11 is 0. The average molecular weight is 960 g/mol. The van der Waals surface area contributed by atoms with Gasteiger partial charge in [-0.3, -0.25) is 14.5 Å². The first-order valence-electron chi connectivity index (χ1n) is 24.9. The topological polar surface area (TPSA) is 178 Å². The summed E-state index contributed by atoms with van der Waals surface area (Å²) in [5.74, 6) is 1.41. The van der Waals surface area contributed by atoms with Crippen LogP contribution in [0.5, 0.6) is 0 Å². The van der Waals surface area contributed by atoms with Crippen molar-refractivity contribution < 1.29 is 33.4 Å². The zero-order valence-corrected chi connectivity index (χ0v) is 40.1. The van der Waals surface area contributed by atoms with Crippen LogP contribution >= 0.6 is 0 Å². The fourth-order valence-electron chi connectivity index (χ4n) is 10.5. The molecular weight excluding hydrogens is 899 g/mol. The summed E-state index contributed by atoms with van der Waals surface area (Å²) in [5.41, 5.74) is 8.46. The Balaban J connectivity index is 0.801. The van der Waals surface area contributed by atoms with Crippen LogP contribution in [0.3, 0.4) is 0 Å². The molecule has 3 fully saturated rings. The van der Waals surface area contributed by atoms with E-state index in [0.29, 0.717) is 58.9 Å². The highest BCUT2D eigenvalue weighted by Gasteiger charge is 2.41. The third-order valence-electron chi connectivity index (χ3n) is 14.3. The van der Waals surface area contributed by atoms with Crippen LogP contribution in [0.25, 0.3) is 33.6 Å². The van der Waals surface area contributed by atoms with Crippen LogP contribution in [0.15, 0.2) is 115 Å². The van der Waals surface area contributed by atoms with Crippen molar-refractivity contribution in [2.75, 3.05) is 53.0 Å². The van der Waals surface area contributed by atoms with E-state index in [1.807, 2.05) is 76.7 Å². The second-order valence-electron chi connectivity index (χ2n) is 18.8. The number of alkyl carbamates (subject to hydrolysis) is 1. The summed E-state index contributed by atoms with van der Waals surface area (Å²) in [6.45, 7) is 4.35. The highest BCUT2D eigenvalue weighted by molar-refractivity contribution is 5.86. The van der Waals surface area contributed by atoms with Gasteiger partial charge in [0.15, 0.2) is 0 Å². The molecule has 4 amide bonds. The van der Waals surface area contributed by atoms with Crippen molar-refractivity contribution in [3.63, 3.8) is 0 Å². The molecule has 0 radical (unpaired) electrons. The van der Waals surface area contributed by atoms with Gasteiger partial charge < -0.3 is 44.2 Å². The first-order valence-corrected chi connectivity index (χ1v) is 24.9. The van der Waals surface area contributed by atoms with E-state index >= 15 is 0 Å². The SMILES string of the molecule is COC(=O)N[C@H]1CCCCOCc2[nH]c(nc2-c2ccc(-c3ccc(-c4cnc([C@@H]5CCCN5C(=O)[C@@H](c5ccccc5)N5CCN(C(=O)OCc6ccccc6)CC5)[nH]4)cc3)cc2)[C@@H]2CCCN2C1=O. The van der Waals surface area contributed by atoms with E-state index in [-0.39, 0.29) is 36.6 Å². The molecule has 0 unspecified atom stereocenters. The Morgan fingerprint density at radius 2 is 1.41 bits per heavy atom. The minimum absolute atomic E-state index is 0.0386. The van der Waals surface area contributed by atoms with Crippen molar-refractivity contribution in [3.05, 3.63) is 144 Å². The lowest BCUT2D eigenvalue weighted by Crippen LogP contribution is -2.53. The number of imidazole rings is 2. The molecule has 4 atom stereocenters. The van der Waals surface area contributed by atoms with E-state index in [2.05, 4.69) is 68.7 Å². The maximum atomic E-state index is 14.8. The lowest BCUT2D eigenvalue weighted by molar-refractivity contribution is -0.139. The van der Waals surface area contributed by atoms with Crippen LogP contribution in [0.1, 0.15) is 91.5 Å². The Morgan fingerprint density at radius 3 is 2.14 bits per heavy atom. The van der Waals surface area contributed by atoms with Gasteiger partial charge in [0.25, 0.3) is 0 Å². The van der Waals surface area contributed by atoms with Crippen molar-refractivity contribution in [2.45, 2.75) is 82.3 Å². The Hall–Kier alpha value is -7.30. The van der Waals surface area contributed by atoms with Crippen LogP contribution in [0.2, 0.25) is 0 Å². The van der Waals surface area contributed by atoms with Gasteiger partial charge in [0.05, 0.1) is 49.1 Å². The third kappa shape index (κ3) is 10.6. The Bertz CT molecular complexity index is 2770. The fraction of sp³-hybridized carbons (Fsp3) is 0.382. The monoisotopic (exact) mass is 959 g/mol. The predicted octanol–water partition coefficient (Wildman–Crippen LogP) is 8.58. The minimum Gasteiger partial charge on any atom is -0.453 e. The molecule has 6 aromatic rings. The molecule has 0 saturated carbocycles. The van der Waals surface area contributed by atoms with Crippen LogP contribution in [0.4, 0.5) is 9.59 Å². The number of nitrogens with zero attached hydrogens (tertiary/aromatic N) is 6. The Kier molecular flexibility index (Phi) is 14.5. The van der Waals surface area contributed by atoms with Crippen LogP contribution in [-0.2, 0) is 37.0 Å². The van der Waals surface area contributed by atoms with Crippen molar-refractivity contribution >= 4 is 24.0 Å². The number of aromatic amines is 2. The number of amides is 4. The maximum Gasteiger partial charge on any atom is 0.410 e. The molecule has 4 aliphatic heterocycles. The van der Waals surface area contributed by atoms with Crippen LogP contribution in [-0.4, -0.2) is 123 Å². The number of carbonyl (C=O) groups excluding carboxylic acids is 4. The van der Waals surface area contributed by atoms with E-state index in [0.717, 1.165) is 101 Å². The van der Waals surface area contributed by atoms with Gasteiger partial charge in [-0.25, -0.2) is 19.6 Å². The average Bonchev–Trinajstić information content (AvgIpc) is 4.27. The van der Waals surface area contributed by atoms with Gasteiger partial charge in [-0.15, -0.1) is 0 Å². The number of rotatable bonds is 10. The zero-order chi connectivity index (χ0) is 48.7. The number of nitrogens with one attached hydrogen (secondary N) is 3. The molecule has 3 N–H and O–H groups in total. The number of hydrogen-bond acceptors (Lipinski definition) is 10. The third-order valence-corrected chi connectivity index (χ3v) is 14.3. The number of piperazine rings is 1. The summed E-state index contributed by atoms with van der Waals surface area (Å²) < 4.78 is 16.6. The quantitative estimate of drug-likeness (QED) is 0.121. The standard InChI is InChI=1S/C55H61N9O7/c1-69-54(67)59-43-16-8-9-33-70-36-45-48(60-51(58-45)47-18-11-27-63(47)52(43)65)41-25-21-39(22-26-41)38-19-23-40(24-20-38)44-34-56-50(57-44)46-17-10-28-64(46)53(66)49(42-14-6-3-7-15-42)61-29-31-62(32-30-61)55(68)71-35-37-12-4-2-5-13-37/h2-7,12-15,19-26,34,43,46-47,49H,8-11,16-18,27-33,35-36H2,1H3,(H,56,57)(H,58,60)(H,59,67)/t43-,46-,47-,49+/m0/s1. The van der Waals surface area contributed by atoms with Gasteiger partial charge in [-0.05, 0) is 72.8 Å². The number of aromatic nitrogens is 4. The van der Waals surface area contributed by atoms with Crippen molar-refractivity contribution in [1.29, 1.82) is 0 Å². The molecule has 0 spiro atoms. The largest absolute Gasteiger partial charge is 0.453 e. The molecule has 6 heterocycles. The molecule has 2 aromatic heterocycles. The maximum absolute atomic E-state index is 14.8. The zero-order valence-electron chi connectivity index (χ0n) is 40.1. The Morgan fingerprint density at radius 1 is 0.732 bits per heavy atom. The first kappa shape index (κ1) is 47.4. The molecule has 4 aromatic carbocycles. The number of benzene rings is 4. The van der Waals surface area contributed by atoms with Crippen molar-refractivity contribution in [1.82, 2.24) is 44.9 Å². The normalized spacial score (nSPS) is 20.3. The number of carbonyl (C=O) groups is 4. The van der Waals surface area contributed by atoms with Gasteiger partial charge in [0.2, 0.25) is 11.8 Å². The summed E-state index contributed by atoms with van der Waals surface area (Å²) in [4.78, 5) is 78.6. The first-order chi connectivity index (χ1) is 34.8. The minimum atomic E-state index is -0.678. The molecule has 3 saturated heterocycles. The molecule has 71 heavy (non-hydrogen) atoms. The lowest BCUT2D eigenvalue weighted by Gasteiger charge is -2.40. The number of fused-ring (bicyclic) bond motifs is 4. The highest BCUT2D eigenvalue weighted by Crippen LogP contribution is 2.38. The van der Waals surface area contributed by atoms with E-state index in [1.165, 1.54) is 7.11 Å². The van der Waals surface area contributed by atoms with E-state index in [9.17, 15) is 19.2 Å². The number of hydrogen-bond donors (Lipinski definition) is 3. The molecule has 16 nitrogen and oxygen atoms in total. The molecule has 16 heteroatoms. The Labute approximate surface area is 413 Å². The molecule has 0 aliphatic carbocycles. The van der Waals surface area contributed by atoms with E-state index in [1.54, 1.807) is 4.90 Å². The van der Waals surface area contributed by atoms with Crippen molar-refractivity contribution in [2.24, 2.45) is 0 Å². The summed E-state index contributed by atoms with van der Waals surface area (Å²) in [6, 6.07) is 34.7. The van der Waals surface area contributed by atoms with Crippen LogP contribution < -0.4 is 5.32 Å². The summed E-state index contributed by atoms with van der Waals surface area (Å²) in [7, 11) is 1.30. The second-order valence-corrected chi connectivity index (χ2v) is 18.8. The van der Waals surface area contributed by atoms with E-state index < -0.39 is 18.2 Å². The molecule has 4 aliphatic rings. The molecule has 2 bridgehead atoms. The van der Waals surface area contributed by atoms with Gasteiger partial charge in [-0.1, -0.05) is 109 Å². The fourth-order valence-corrected chi connectivity index (χ4v) is 10.5. The van der Waals surface area contributed by atoms with Crippen molar-refractivity contribution in [3.8, 4) is 33.6 Å².